The van der Waals surface area contributed by atoms with Gasteiger partial charge in [0.25, 0.3) is 0 Å². The summed E-state index contributed by atoms with van der Waals surface area (Å²) in [6, 6.07) is 4.23. The smallest absolute Gasteiger partial charge is 0.161 e. The fraction of sp³-hybridized carbons (Fsp3) is 0.529. The van der Waals surface area contributed by atoms with E-state index in [0.717, 1.165) is 50.4 Å². The van der Waals surface area contributed by atoms with E-state index in [2.05, 4.69) is 23.0 Å². The van der Waals surface area contributed by atoms with Crippen LogP contribution >= 0.6 is 0 Å². The van der Waals surface area contributed by atoms with E-state index in [1.165, 1.54) is 17.5 Å². The second-order valence-corrected chi connectivity index (χ2v) is 5.16. The van der Waals surface area contributed by atoms with Crippen LogP contribution in [0, 0.1) is 12.3 Å². The van der Waals surface area contributed by atoms with Gasteiger partial charge in [-0.25, -0.2) is 0 Å². The third-order valence-electron chi connectivity index (χ3n) is 3.84. The van der Waals surface area contributed by atoms with Crippen LogP contribution in [0.3, 0.4) is 0 Å². The minimum atomic E-state index is 0.820. The quantitative estimate of drug-likeness (QED) is 0.587. The van der Waals surface area contributed by atoms with Crippen molar-refractivity contribution in [1.82, 2.24) is 4.90 Å². The van der Waals surface area contributed by atoms with Gasteiger partial charge in [0.1, 0.15) is 0 Å². The predicted octanol–water partition coefficient (Wildman–Crippen LogP) is 2.87. The highest BCUT2D eigenvalue weighted by atomic mass is 16.5. The van der Waals surface area contributed by atoms with Crippen LogP contribution in [0.5, 0.6) is 11.5 Å². The second-order valence-electron chi connectivity index (χ2n) is 5.16. The Balaban J connectivity index is 2.00. The van der Waals surface area contributed by atoms with Crippen molar-refractivity contribution in [2.75, 3.05) is 27.3 Å². The highest BCUT2D eigenvalue weighted by Gasteiger charge is 2.18. The molecule has 0 fully saturated rings. The lowest BCUT2D eigenvalue weighted by molar-refractivity contribution is 0.248. The molecule has 0 aromatic heterocycles. The van der Waals surface area contributed by atoms with Crippen LogP contribution in [0.15, 0.2) is 12.1 Å². The standard InChI is InChI=1S/C17H23NO2/c1-4-5-6-7-9-18-10-8-14-11-16(19-2)17(20-3)12-15(14)13-18/h1,11-12H,5-10,13H2,2-3H3. The van der Waals surface area contributed by atoms with Gasteiger partial charge in [-0.1, -0.05) is 0 Å². The Hall–Kier alpha value is -1.66. The van der Waals surface area contributed by atoms with E-state index in [0.29, 0.717) is 0 Å². The number of hydrogen-bond donors (Lipinski definition) is 0. The summed E-state index contributed by atoms with van der Waals surface area (Å²) in [5.41, 5.74) is 2.73. The molecule has 20 heavy (non-hydrogen) atoms. The van der Waals surface area contributed by atoms with Crippen molar-refractivity contribution in [3.63, 3.8) is 0 Å². The Morgan fingerprint density at radius 1 is 1.15 bits per heavy atom. The van der Waals surface area contributed by atoms with Crippen molar-refractivity contribution < 1.29 is 9.47 Å². The minimum Gasteiger partial charge on any atom is -0.493 e. The summed E-state index contributed by atoms with van der Waals surface area (Å²) in [6.45, 7) is 3.22. The van der Waals surface area contributed by atoms with Gasteiger partial charge in [-0.05, 0) is 49.1 Å². The van der Waals surface area contributed by atoms with Gasteiger partial charge in [-0.15, -0.1) is 12.3 Å². The summed E-state index contributed by atoms with van der Waals surface area (Å²) < 4.78 is 10.7. The SMILES string of the molecule is C#CCCCCN1CCc2cc(OC)c(OC)cc2C1. The normalized spacial score (nSPS) is 14.4. The fourth-order valence-electron chi connectivity index (χ4n) is 2.69. The molecule has 0 saturated carbocycles. The van der Waals surface area contributed by atoms with Crippen molar-refractivity contribution >= 4 is 0 Å². The first kappa shape index (κ1) is 14.7. The molecule has 0 unspecified atom stereocenters. The molecule has 0 radical (unpaired) electrons. The molecule has 1 aliphatic rings. The molecule has 0 saturated heterocycles. The lowest BCUT2D eigenvalue weighted by atomic mass is 9.98. The number of terminal acetylenes is 1. The summed E-state index contributed by atoms with van der Waals surface area (Å²) in [6.07, 6.45) is 9.53. The van der Waals surface area contributed by atoms with Gasteiger partial charge in [0.15, 0.2) is 11.5 Å². The van der Waals surface area contributed by atoms with E-state index >= 15 is 0 Å². The first-order valence-corrected chi connectivity index (χ1v) is 7.18. The van der Waals surface area contributed by atoms with Gasteiger partial charge in [0, 0.05) is 19.5 Å². The van der Waals surface area contributed by atoms with E-state index in [-0.39, 0.29) is 0 Å². The van der Waals surface area contributed by atoms with E-state index in [9.17, 15) is 0 Å². The first-order chi connectivity index (χ1) is 9.78. The number of methoxy groups -OCH3 is 2. The molecule has 3 nitrogen and oxygen atoms in total. The Morgan fingerprint density at radius 2 is 1.85 bits per heavy atom. The van der Waals surface area contributed by atoms with Crippen LogP contribution in [0.4, 0.5) is 0 Å². The fourth-order valence-corrected chi connectivity index (χ4v) is 2.69. The Kier molecular flexibility index (Phi) is 5.31. The number of nitrogens with zero attached hydrogens (tertiary/aromatic N) is 1. The van der Waals surface area contributed by atoms with E-state index in [4.69, 9.17) is 15.9 Å². The minimum absolute atomic E-state index is 0.820. The maximum absolute atomic E-state index is 5.38. The van der Waals surface area contributed by atoms with Gasteiger partial charge < -0.3 is 9.47 Å². The summed E-state index contributed by atoms with van der Waals surface area (Å²) >= 11 is 0. The first-order valence-electron chi connectivity index (χ1n) is 7.18. The average molecular weight is 273 g/mol. The molecule has 0 aliphatic carbocycles. The van der Waals surface area contributed by atoms with Crippen molar-refractivity contribution in [3.05, 3.63) is 23.3 Å². The van der Waals surface area contributed by atoms with Crippen LogP contribution in [-0.4, -0.2) is 32.2 Å². The second kappa shape index (κ2) is 7.21. The summed E-state index contributed by atoms with van der Waals surface area (Å²) in [5, 5.41) is 0. The zero-order valence-electron chi connectivity index (χ0n) is 12.4. The molecule has 1 heterocycles. The maximum atomic E-state index is 5.38. The lowest BCUT2D eigenvalue weighted by Gasteiger charge is -2.29. The molecular formula is C17H23NO2. The average Bonchev–Trinajstić information content (AvgIpc) is 2.50. The molecule has 1 aliphatic heterocycles. The number of fused-ring (bicyclic) bond motifs is 1. The van der Waals surface area contributed by atoms with Crippen molar-refractivity contribution in [1.29, 1.82) is 0 Å². The van der Waals surface area contributed by atoms with Crippen LogP contribution in [0.1, 0.15) is 30.4 Å². The lowest BCUT2D eigenvalue weighted by Crippen LogP contribution is -2.31. The van der Waals surface area contributed by atoms with E-state index < -0.39 is 0 Å². The topological polar surface area (TPSA) is 21.7 Å². The molecule has 1 aromatic carbocycles. The molecule has 108 valence electrons. The Bertz CT molecular complexity index is 490. The van der Waals surface area contributed by atoms with Gasteiger partial charge in [-0.3, -0.25) is 4.90 Å². The molecule has 0 spiro atoms. The number of ether oxygens (including phenoxy) is 2. The van der Waals surface area contributed by atoms with Crippen LogP contribution < -0.4 is 9.47 Å². The summed E-state index contributed by atoms with van der Waals surface area (Å²) in [5.74, 6) is 4.35. The third-order valence-corrected chi connectivity index (χ3v) is 3.84. The number of hydrogen-bond acceptors (Lipinski definition) is 3. The van der Waals surface area contributed by atoms with Crippen LogP contribution in [-0.2, 0) is 13.0 Å². The van der Waals surface area contributed by atoms with Gasteiger partial charge in [0.2, 0.25) is 0 Å². The summed E-state index contributed by atoms with van der Waals surface area (Å²) in [4.78, 5) is 2.49. The predicted molar refractivity (Wildman–Crippen MR) is 81.2 cm³/mol. The zero-order chi connectivity index (χ0) is 14.4. The highest BCUT2D eigenvalue weighted by Crippen LogP contribution is 2.33. The van der Waals surface area contributed by atoms with Crippen molar-refractivity contribution in [2.45, 2.75) is 32.2 Å². The molecule has 2 rings (SSSR count). The molecule has 0 amide bonds. The van der Waals surface area contributed by atoms with Gasteiger partial charge in [-0.2, -0.15) is 0 Å². The maximum Gasteiger partial charge on any atom is 0.161 e. The molecule has 3 heteroatoms. The number of benzene rings is 1. The third kappa shape index (κ3) is 3.46. The highest BCUT2D eigenvalue weighted by molar-refractivity contribution is 5.48. The van der Waals surface area contributed by atoms with Crippen LogP contribution in [0.25, 0.3) is 0 Å². The molecule has 0 N–H and O–H groups in total. The number of unbranched alkanes of at least 4 members (excludes halogenated alkanes) is 2. The molecule has 1 aromatic rings. The van der Waals surface area contributed by atoms with Gasteiger partial charge >= 0.3 is 0 Å². The molecule has 0 atom stereocenters. The zero-order valence-corrected chi connectivity index (χ0v) is 12.4. The van der Waals surface area contributed by atoms with Gasteiger partial charge in [0.05, 0.1) is 14.2 Å². The monoisotopic (exact) mass is 273 g/mol. The number of rotatable bonds is 6. The largest absolute Gasteiger partial charge is 0.493 e. The molecule has 0 bridgehead atoms. The van der Waals surface area contributed by atoms with E-state index in [1.807, 2.05) is 0 Å². The van der Waals surface area contributed by atoms with Crippen LogP contribution in [0.2, 0.25) is 0 Å². The Labute approximate surface area is 121 Å². The van der Waals surface area contributed by atoms with Crippen molar-refractivity contribution in [3.8, 4) is 23.8 Å². The molecular weight excluding hydrogens is 250 g/mol. The van der Waals surface area contributed by atoms with E-state index in [1.54, 1.807) is 14.2 Å². The van der Waals surface area contributed by atoms with Crippen molar-refractivity contribution in [2.24, 2.45) is 0 Å². The Morgan fingerprint density at radius 3 is 2.50 bits per heavy atom. The summed E-state index contributed by atoms with van der Waals surface area (Å²) in [7, 11) is 3.37.